The molecule has 0 heterocycles. The maximum absolute atomic E-state index is 5.47. The molecule has 0 radical (unpaired) electrons. The Bertz CT molecular complexity index is 185. The number of hydrogen-bond donors (Lipinski definition) is 1. The Kier molecular flexibility index (Phi) is 5.77. The second-order valence-corrected chi connectivity index (χ2v) is 6.02. The first-order valence-electron chi connectivity index (χ1n) is 6.82. The Morgan fingerprint density at radius 2 is 1.88 bits per heavy atom. The van der Waals surface area contributed by atoms with E-state index in [4.69, 9.17) is 4.74 Å². The molecule has 96 valence electrons. The van der Waals surface area contributed by atoms with Crippen molar-refractivity contribution in [3.63, 3.8) is 0 Å². The van der Waals surface area contributed by atoms with E-state index < -0.39 is 0 Å². The lowest BCUT2D eigenvalue weighted by molar-refractivity contribution is 0.00360. The van der Waals surface area contributed by atoms with Crippen LogP contribution < -0.4 is 5.32 Å². The summed E-state index contributed by atoms with van der Waals surface area (Å²) in [5.74, 6) is 0.692. The second kappa shape index (κ2) is 6.61. The Morgan fingerprint density at radius 1 is 1.25 bits per heavy atom. The molecule has 1 aliphatic carbocycles. The van der Waals surface area contributed by atoms with Crippen molar-refractivity contribution in [1.29, 1.82) is 0 Å². The first-order chi connectivity index (χ1) is 7.53. The monoisotopic (exact) mass is 227 g/mol. The zero-order chi connectivity index (χ0) is 12.0. The maximum atomic E-state index is 5.47. The summed E-state index contributed by atoms with van der Waals surface area (Å²) in [5, 5.41) is 3.71. The molecular weight excluding hydrogens is 198 g/mol. The maximum Gasteiger partial charge on any atom is 0.0625 e. The summed E-state index contributed by atoms with van der Waals surface area (Å²) < 4.78 is 5.47. The van der Waals surface area contributed by atoms with Crippen molar-refractivity contribution < 1.29 is 4.74 Å². The van der Waals surface area contributed by atoms with Crippen LogP contribution in [0.4, 0.5) is 0 Å². The van der Waals surface area contributed by atoms with Gasteiger partial charge in [-0.2, -0.15) is 0 Å². The highest BCUT2D eigenvalue weighted by Gasteiger charge is 2.21. The van der Waals surface area contributed by atoms with Crippen molar-refractivity contribution in [3.05, 3.63) is 0 Å². The largest absolute Gasteiger partial charge is 0.379 e. The minimum atomic E-state index is 0.0215. The number of methoxy groups -OCH3 is 1. The molecule has 0 amide bonds. The molecule has 16 heavy (non-hydrogen) atoms. The smallest absolute Gasteiger partial charge is 0.0625 e. The van der Waals surface area contributed by atoms with E-state index in [0.717, 1.165) is 19.0 Å². The van der Waals surface area contributed by atoms with E-state index in [1.165, 1.54) is 32.1 Å². The molecule has 2 nitrogen and oxygen atoms in total. The van der Waals surface area contributed by atoms with E-state index in [1.807, 2.05) is 0 Å². The number of rotatable bonds is 6. The number of hydrogen-bond acceptors (Lipinski definition) is 2. The zero-order valence-electron chi connectivity index (χ0n) is 11.5. The van der Waals surface area contributed by atoms with Crippen LogP contribution in [0.5, 0.6) is 0 Å². The summed E-state index contributed by atoms with van der Waals surface area (Å²) in [5.41, 5.74) is 0.0215. The summed E-state index contributed by atoms with van der Waals surface area (Å²) in [6.45, 7) is 7.79. The Balaban J connectivity index is 2.16. The standard InChI is InChI=1S/C14H29NO/c1-12(10-14(2,3)16-4)11-15-13-8-6-5-7-9-13/h12-13,15H,5-11H2,1-4H3. The average molecular weight is 227 g/mol. The Labute approximate surface area is 101 Å². The molecule has 1 N–H and O–H groups in total. The lowest BCUT2D eigenvalue weighted by atomic mass is 9.92. The molecule has 0 spiro atoms. The molecule has 0 aliphatic heterocycles. The van der Waals surface area contributed by atoms with Gasteiger partial charge < -0.3 is 10.1 Å². The van der Waals surface area contributed by atoms with Gasteiger partial charge in [-0.3, -0.25) is 0 Å². The van der Waals surface area contributed by atoms with Gasteiger partial charge in [-0.15, -0.1) is 0 Å². The molecule has 0 aromatic rings. The van der Waals surface area contributed by atoms with Crippen molar-refractivity contribution in [2.45, 2.75) is 70.9 Å². The lowest BCUT2D eigenvalue weighted by Gasteiger charge is -2.29. The molecule has 1 unspecified atom stereocenters. The molecule has 2 heteroatoms. The lowest BCUT2D eigenvalue weighted by Crippen LogP contribution is -2.36. The van der Waals surface area contributed by atoms with Gasteiger partial charge in [0.05, 0.1) is 5.60 Å². The van der Waals surface area contributed by atoms with E-state index in [-0.39, 0.29) is 5.60 Å². The van der Waals surface area contributed by atoms with E-state index in [0.29, 0.717) is 5.92 Å². The fourth-order valence-electron chi connectivity index (χ4n) is 2.67. The van der Waals surface area contributed by atoms with Gasteiger partial charge in [-0.1, -0.05) is 26.2 Å². The molecule has 0 aromatic heterocycles. The van der Waals surface area contributed by atoms with Gasteiger partial charge in [0.25, 0.3) is 0 Å². The average Bonchev–Trinajstić information content (AvgIpc) is 2.27. The van der Waals surface area contributed by atoms with Crippen LogP contribution in [0.2, 0.25) is 0 Å². The minimum Gasteiger partial charge on any atom is -0.379 e. The normalized spacial score (nSPS) is 21.0. The van der Waals surface area contributed by atoms with Crippen molar-refractivity contribution in [1.82, 2.24) is 5.32 Å². The summed E-state index contributed by atoms with van der Waals surface area (Å²) >= 11 is 0. The predicted octanol–water partition coefficient (Wildman–Crippen LogP) is 3.36. The van der Waals surface area contributed by atoms with Crippen molar-refractivity contribution in [2.24, 2.45) is 5.92 Å². The Morgan fingerprint density at radius 3 is 2.44 bits per heavy atom. The van der Waals surface area contributed by atoms with Crippen LogP contribution in [0.3, 0.4) is 0 Å². The van der Waals surface area contributed by atoms with Crippen LogP contribution in [0.25, 0.3) is 0 Å². The quantitative estimate of drug-likeness (QED) is 0.751. The summed E-state index contributed by atoms with van der Waals surface area (Å²) in [6, 6.07) is 0.779. The van der Waals surface area contributed by atoms with Crippen LogP contribution in [-0.2, 0) is 4.74 Å². The van der Waals surface area contributed by atoms with Crippen molar-refractivity contribution >= 4 is 0 Å². The number of ether oxygens (including phenoxy) is 1. The zero-order valence-corrected chi connectivity index (χ0v) is 11.5. The molecule has 1 saturated carbocycles. The molecule has 1 atom stereocenters. The van der Waals surface area contributed by atoms with Gasteiger partial charge >= 0.3 is 0 Å². The predicted molar refractivity (Wildman–Crippen MR) is 69.7 cm³/mol. The van der Waals surface area contributed by atoms with Crippen LogP contribution >= 0.6 is 0 Å². The molecule has 0 saturated heterocycles. The van der Waals surface area contributed by atoms with Crippen LogP contribution in [0.1, 0.15) is 59.3 Å². The minimum absolute atomic E-state index is 0.0215. The fraction of sp³-hybridized carbons (Fsp3) is 1.00. The van der Waals surface area contributed by atoms with Gasteiger partial charge in [0, 0.05) is 13.2 Å². The van der Waals surface area contributed by atoms with Gasteiger partial charge in [-0.25, -0.2) is 0 Å². The van der Waals surface area contributed by atoms with E-state index in [9.17, 15) is 0 Å². The van der Waals surface area contributed by atoms with Gasteiger partial charge in [0.2, 0.25) is 0 Å². The molecule has 1 fully saturated rings. The number of nitrogens with one attached hydrogen (secondary N) is 1. The third-order valence-corrected chi connectivity index (χ3v) is 3.75. The van der Waals surface area contributed by atoms with E-state index >= 15 is 0 Å². The molecule has 0 aromatic carbocycles. The topological polar surface area (TPSA) is 21.3 Å². The highest BCUT2D eigenvalue weighted by Crippen LogP contribution is 2.21. The van der Waals surface area contributed by atoms with Crippen molar-refractivity contribution in [2.75, 3.05) is 13.7 Å². The highest BCUT2D eigenvalue weighted by molar-refractivity contribution is 4.76. The SMILES string of the molecule is COC(C)(C)CC(C)CNC1CCCCC1. The molecular formula is C14H29NO. The van der Waals surface area contributed by atoms with Crippen LogP contribution in [0.15, 0.2) is 0 Å². The third-order valence-electron chi connectivity index (χ3n) is 3.75. The summed E-state index contributed by atoms with van der Waals surface area (Å²) in [7, 11) is 1.81. The first-order valence-corrected chi connectivity index (χ1v) is 6.82. The van der Waals surface area contributed by atoms with Gasteiger partial charge in [0.1, 0.15) is 0 Å². The van der Waals surface area contributed by atoms with Gasteiger partial charge in [0.15, 0.2) is 0 Å². The van der Waals surface area contributed by atoms with Crippen LogP contribution in [0, 0.1) is 5.92 Å². The van der Waals surface area contributed by atoms with E-state index in [2.05, 4.69) is 26.1 Å². The second-order valence-electron chi connectivity index (χ2n) is 6.02. The Hall–Kier alpha value is -0.0800. The third kappa shape index (κ3) is 5.31. The fourth-order valence-corrected chi connectivity index (χ4v) is 2.67. The summed E-state index contributed by atoms with van der Waals surface area (Å²) in [6.07, 6.45) is 8.14. The first kappa shape index (κ1) is 14.0. The van der Waals surface area contributed by atoms with Crippen LogP contribution in [-0.4, -0.2) is 25.3 Å². The summed E-state index contributed by atoms with van der Waals surface area (Å²) in [4.78, 5) is 0. The molecule has 1 rings (SSSR count). The van der Waals surface area contributed by atoms with E-state index in [1.54, 1.807) is 7.11 Å². The van der Waals surface area contributed by atoms with Crippen molar-refractivity contribution in [3.8, 4) is 0 Å². The molecule has 1 aliphatic rings. The van der Waals surface area contributed by atoms with Gasteiger partial charge in [-0.05, 0) is 45.6 Å². The molecule has 0 bridgehead atoms. The highest BCUT2D eigenvalue weighted by atomic mass is 16.5.